The monoisotopic (exact) mass is 234 g/mol. The van der Waals surface area contributed by atoms with E-state index in [9.17, 15) is 4.79 Å². The van der Waals surface area contributed by atoms with E-state index in [1.165, 1.54) is 19.1 Å². The van der Waals surface area contributed by atoms with Gasteiger partial charge in [-0.2, -0.15) is 5.10 Å². The van der Waals surface area contributed by atoms with Crippen LogP contribution in [0.25, 0.3) is 0 Å². The largest absolute Gasteiger partial charge is 0.469 e. The first-order valence-corrected chi connectivity index (χ1v) is 6.13. The molecule has 0 radical (unpaired) electrons. The minimum absolute atomic E-state index is 0.189. The minimum Gasteiger partial charge on any atom is -0.469 e. The molecule has 4 nitrogen and oxygen atoms in total. The molecule has 0 saturated heterocycles. The number of hydrogen-bond acceptors (Lipinski definition) is 3. The SMILES string of the molecule is CC[C@@H]1CCCC1=NNC(=O)c1ccoc1C. The summed E-state index contributed by atoms with van der Waals surface area (Å²) in [5, 5.41) is 4.25. The van der Waals surface area contributed by atoms with Gasteiger partial charge in [0.1, 0.15) is 5.76 Å². The van der Waals surface area contributed by atoms with Crippen LogP contribution in [0.5, 0.6) is 0 Å². The van der Waals surface area contributed by atoms with E-state index >= 15 is 0 Å². The van der Waals surface area contributed by atoms with Crippen LogP contribution in [0.3, 0.4) is 0 Å². The third-order valence-corrected chi connectivity index (χ3v) is 3.35. The summed E-state index contributed by atoms with van der Waals surface area (Å²) < 4.78 is 5.09. The molecular formula is C13H18N2O2. The molecule has 0 spiro atoms. The van der Waals surface area contributed by atoms with Crippen molar-refractivity contribution in [3.05, 3.63) is 23.7 Å². The van der Waals surface area contributed by atoms with E-state index in [0.717, 1.165) is 18.6 Å². The summed E-state index contributed by atoms with van der Waals surface area (Å²) >= 11 is 0. The highest BCUT2D eigenvalue weighted by Crippen LogP contribution is 2.24. The molecule has 1 aromatic rings. The molecule has 0 unspecified atom stereocenters. The lowest BCUT2D eigenvalue weighted by molar-refractivity contribution is 0.0953. The molecule has 1 N–H and O–H groups in total. The lowest BCUT2D eigenvalue weighted by Gasteiger charge is -2.07. The van der Waals surface area contributed by atoms with E-state index in [1.54, 1.807) is 13.0 Å². The van der Waals surface area contributed by atoms with Crippen LogP contribution in [0.4, 0.5) is 0 Å². The van der Waals surface area contributed by atoms with E-state index in [2.05, 4.69) is 17.5 Å². The molecule has 2 rings (SSSR count). The number of nitrogens with one attached hydrogen (secondary N) is 1. The van der Waals surface area contributed by atoms with Crippen molar-refractivity contribution in [2.45, 2.75) is 39.5 Å². The molecule has 0 aromatic carbocycles. The first-order valence-electron chi connectivity index (χ1n) is 6.13. The minimum atomic E-state index is -0.189. The Morgan fingerprint density at radius 3 is 3.12 bits per heavy atom. The van der Waals surface area contributed by atoms with Crippen molar-refractivity contribution in [2.24, 2.45) is 11.0 Å². The van der Waals surface area contributed by atoms with Crippen molar-refractivity contribution in [3.8, 4) is 0 Å². The average Bonchev–Trinajstić information content (AvgIpc) is 2.94. The molecule has 1 amide bonds. The fourth-order valence-electron chi connectivity index (χ4n) is 2.29. The highest BCUT2D eigenvalue weighted by molar-refractivity contribution is 5.96. The Labute approximate surface area is 101 Å². The summed E-state index contributed by atoms with van der Waals surface area (Å²) in [6.45, 7) is 3.93. The Kier molecular flexibility index (Phi) is 3.61. The molecule has 0 aliphatic heterocycles. The van der Waals surface area contributed by atoms with Crippen LogP contribution >= 0.6 is 0 Å². The first kappa shape index (κ1) is 11.9. The molecule has 17 heavy (non-hydrogen) atoms. The summed E-state index contributed by atoms with van der Waals surface area (Å²) in [5.74, 6) is 0.979. The lowest BCUT2D eigenvalue weighted by atomic mass is 10.0. The van der Waals surface area contributed by atoms with Crippen LogP contribution in [0.1, 0.15) is 48.7 Å². The zero-order chi connectivity index (χ0) is 12.3. The Hall–Kier alpha value is -1.58. The molecule has 0 bridgehead atoms. The lowest BCUT2D eigenvalue weighted by Crippen LogP contribution is -2.21. The van der Waals surface area contributed by atoms with Gasteiger partial charge in [0.05, 0.1) is 11.8 Å². The molecule has 4 heteroatoms. The van der Waals surface area contributed by atoms with Crippen molar-refractivity contribution in [1.82, 2.24) is 5.43 Å². The molecule has 1 aliphatic carbocycles. The number of furan rings is 1. The average molecular weight is 234 g/mol. The van der Waals surface area contributed by atoms with E-state index in [-0.39, 0.29) is 5.91 Å². The van der Waals surface area contributed by atoms with Crippen molar-refractivity contribution >= 4 is 11.6 Å². The Bertz CT molecular complexity index is 434. The van der Waals surface area contributed by atoms with Crippen molar-refractivity contribution < 1.29 is 9.21 Å². The fourth-order valence-corrected chi connectivity index (χ4v) is 2.29. The summed E-state index contributed by atoms with van der Waals surface area (Å²) in [6.07, 6.45) is 5.98. The van der Waals surface area contributed by atoms with Crippen molar-refractivity contribution in [2.75, 3.05) is 0 Å². The summed E-state index contributed by atoms with van der Waals surface area (Å²) in [6, 6.07) is 1.66. The van der Waals surface area contributed by atoms with Gasteiger partial charge >= 0.3 is 0 Å². The highest BCUT2D eigenvalue weighted by Gasteiger charge is 2.21. The van der Waals surface area contributed by atoms with Crippen LogP contribution in [0.2, 0.25) is 0 Å². The van der Waals surface area contributed by atoms with Gasteiger partial charge in [0.25, 0.3) is 5.91 Å². The summed E-state index contributed by atoms with van der Waals surface area (Å²) in [7, 11) is 0. The van der Waals surface area contributed by atoms with Gasteiger partial charge < -0.3 is 4.42 Å². The molecule has 1 fully saturated rings. The molecule has 1 heterocycles. The third-order valence-electron chi connectivity index (χ3n) is 3.35. The van der Waals surface area contributed by atoms with Gasteiger partial charge in [-0.05, 0) is 44.6 Å². The number of rotatable bonds is 3. The maximum atomic E-state index is 11.8. The molecule has 1 saturated carbocycles. The number of carbonyl (C=O) groups is 1. The van der Waals surface area contributed by atoms with Crippen LogP contribution in [0.15, 0.2) is 21.8 Å². The smallest absolute Gasteiger partial charge is 0.274 e. The van der Waals surface area contributed by atoms with E-state index in [1.807, 2.05) is 0 Å². The molecule has 1 aromatic heterocycles. The van der Waals surface area contributed by atoms with E-state index in [0.29, 0.717) is 17.2 Å². The predicted octanol–water partition coefficient (Wildman–Crippen LogP) is 2.88. The van der Waals surface area contributed by atoms with Crippen molar-refractivity contribution in [3.63, 3.8) is 0 Å². The fraction of sp³-hybridized carbons (Fsp3) is 0.538. The van der Waals surface area contributed by atoms with Gasteiger partial charge in [-0.1, -0.05) is 6.92 Å². The number of nitrogens with zero attached hydrogens (tertiary/aromatic N) is 1. The molecule has 1 aliphatic rings. The second-order valence-electron chi connectivity index (χ2n) is 4.43. The summed E-state index contributed by atoms with van der Waals surface area (Å²) in [5.41, 5.74) is 4.30. The Morgan fingerprint density at radius 2 is 2.47 bits per heavy atom. The number of carbonyl (C=O) groups excluding carboxylic acids is 1. The molecule has 92 valence electrons. The summed E-state index contributed by atoms with van der Waals surface area (Å²) in [4.78, 5) is 11.8. The van der Waals surface area contributed by atoms with Crippen LogP contribution < -0.4 is 5.43 Å². The maximum absolute atomic E-state index is 11.8. The Morgan fingerprint density at radius 1 is 1.65 bits per heavy atom. The van der Waals surface area contributed by atoms with Gasteiger partial charge in [-0.25, -0.2) is 5.43 Å². The van der Waals surface area contributed by atoms with Gasteiger partial charge in [0, 0.05) is 5.71 Å². The zero-order valence-electron chi connectivity index (χ0n) is 10.3. The van der Waals surface area contributed by atoms with Crippen LogP contribution in [-0.4, -0.2) is 11.6 Å². The number of amides is 1. The number of aryl methyl sites for hydroxylation is 1. The van der Waals surface area contributed by atoms with Crippen LogP contribution in [-0.2, 0) is 0 Å². The number of hydrazone groups is 1. The predicted molar refractivity (Wildman–Crippen MR) is 66.0 cm³/mol. The van der Waals surface area contributed by atoms with E-state index in [4.69, 9.17) is 4.42 Å². The maximum Gasteiger partial charge on any atom is 0.274 e. The van der Waals surface area contributed by atoms with Crippen molar-refractivity contribution in [1.29, 1.82) is 0 Å². The number of hydrogen-bond donors (Lipinski definition) is 1. The van der Waals surface area contributed by atoms with E-state index < -0.39 is 0 Å². The molecular weight excluding hydrogens is 216 g/mol. The Balaban J connectivity index is 2.00. The van der Waals surface area contributed by atoms with Gasteiger partial charge in [0.15, 0.2) is 0 Å². The second-order valence-corrected chi connectivity index (χ2v) is 4.43. The molecule has 1 atom stereocenters. The second kappa shape index (κ2) is 5.17. The third kappa shape index (κ3) is 2.57. The normalized spacial score (nSPS) is 22.0. The zero-order valence-corrected chi connectivity index (χ0v) is 10.3. The van der Waals surface area contributed by atoms with Gasteiger partial charge in [-0.15, -0.1) is 0 Å². The quantitative estimate of drug-likeness (QED) is 0.817. The first-order chi connectivity index (χ1) is 8.22. The van der Waals surface area contributed by atoms with Gasteiger partial charge in [-0.3, -0.25) is 4.79 Å². The van der Waals surface area contributed by atoms with Gasteiger partial charge in [0.2, 0.25) is 0 Å². The standard InChI is InChI=1S/C13H18N2O2/c1-3-10-5-4-6-12(10)14-15-13(16)11-7-8-17-9(11)2/h7-8,10H,3-6H2,1-2H3,(H,15,16)/t10-/m1/s1. The van der Waals surface area contributed by atoms with Crippen LogP contribution in [0, 0.1) is 12.8 Å². The topological polar surface area (TPSA) is 54.6 Å². The highest BCUT2D eigenvalue weighted by atomic mass is 16.3.